The van der Waals surface area contributed by atoms with Crippen molar-refractivity contribution < 1.29 is 0 Å². The summed E-state index contributed by atoms with van der Waals surface area (Å²) in [6.07, 6.45) is 15.1. The van der Waals surface area contributed by atoms with Gasteiger partial charge in [-0.1, -0.05) is 172 Å². The number of hydrogen-bond donors (Lipinski definition) is 0. The van der Waals surface area contributed by atoms with Gasteiger partial charge in [0.1, 0.15) is 0 Å². The van der Waals surface area contributed by atoms with Gasteiger partial charge in [-0.25, -0.2) is 0 Å². The van der Waals surface area contributed by atoms with Crippen molar-refractivity contribution in [3.63, 3.8) is 0 Å². The van der Waals surface area contributed by atoms with Gasteiger partial charge in [0.2, 0.25) is 0 Å². The average molecular weight is 749 g/mol. The number of hydrogen-bond acceptors (Lipinski definition) is 2. The molecular formula is C56H48N2. The lowest BCUT2D eigenvalue weighted by Gasteiger charge is -2.34. The van der Waals surface area contributed by atoms with Crippen LogP contribution in [0.1, 0.15) is 44.2 Å². The highest BCUT2D eigenvalue weighted by molar-refractivity contribution is 6.05. The fourth-order valence-electron chi connectivity index (χ4n) is 9.78. The van der Waals surface area contributed by atoms with Crippen LogP contribution in [0.3, 0.4) is 0 Å². The normalized spacial score (nSPS) is 18.9. The van der Waals surface area contributed by atoms with Gasteiger partial charge in [-0.15, -0.1) is 0 Å². The molecule has 282 valence electrons. The summed E-state index contributed by atoms with van der Waals surface area (Å²) in [6, 6.07) is 62.3. The van der Waals surface area contributed by atoms with Crippen LogP contribution in [0.2, 0.25) is 0 Å². The SMILES string of the molecule is CC1CC=CC=C1N(c1ccccc1)c1ccc(-c2ccc(N(C3=CC4c5ccccc5C(C)(C)C4C=C3)c3ccc(-c4ccccc4)cc3)cc2)c2ccccc12. The van der Waals surface area contributed by atoms with Crippen LogP contribution in [0.15, 0.2) is 218 Å². The smallest absolute Gasteiger partial charge is 0.0537 e. The van der Waals surface area contributed by atoms with Gasteiger partial charge in [0.25, 0.3) is 0 Å². The molecule has 3 atom stereocenters. The first-order valence-electron chi connectivity index (χ1n) is 20.7. The van der Waals surface area contributed by atoms with Crippen molar-refractivity contribution >= 4 is 33.5 Å². The van der Waals surface area contributed by atoms with E-state index in [1.807, 2.05) is 0 Å². The molecule has 0 bridgehead atoms. The molecule has 3 aliphatic carbocycles. The van der Waals surface area contributed by atoms with E-state index >= 15 is 0 Å². The Morgan fingerprint density at radius 2 is 1.16 bits per heavy atom. The highest BCUT2D eigenvalue weighted by Crippen LogP contribution is 2.54. The molecule has 0 aromatic heterocycles. The molecule has 7 aromatic carbocycles. The van der Waals surface area contributed by atoms with E-state index in [0.29, 0.717) is 17.8 Å². The van der Waals surface area contributed by atoms with Gasteiger partial charge in [-0.05, 0) is 111 Å². The van der Waals surface area contributed by atoms with E-state index in [-0.39, 0.29) is 5.41 Å². The van der Waals surface area contributed by atoms with Gasteiger partial charge < -0.3 is 9.80 Å². The molecule has 3 aliphatic rings. The fraction of sp³-hybridized carbons (Fsp3) is 0.143. The van der Waals surface area contributed by atoms with E-state index < -0.39 is 0 Å². The molecule has 2 nitrogen and oxygen atoms in total. The first-order valence-corrected chi connectivity index (χ1v) is 20.7. The summed E-state index contributed by atoms with van der Waals surface area (Å²) in [5.74, 6) is 1.14. The lowest BCUT2D eigenvalue weighted by Crippen LogP contribution is -2.27. The second kappa shape index (κ2) is 14.7. The van der Waals surface area contributed by atoms with Crippen LogP contribution in [-0.4, -0.2) is 0 Å². The quantitative estimate of drug-likeness (QED) is 0.153. The molecule has 0 N–H and O–H groups in total. The van der Waals surface area contributed by atoms with Gasteiger partial charge in [0.15, 0.2) is 0 Å². The molecular weight excluding hydrogens is 701 g/mol. The Kier molecular flexibility index (Phi) is 9.06. The monoisotopic (exact) mass is 748 g/mol. The van der Waals surface area contributed by atoms with Gasteiger partial charge >= 0.3 is 0 Å². The number of allylic oxidation sites excluding steroid dienone is 7. The number of fused-ring (bicyclic) bond motifs is 4. The number of para-hydroxylation sites is 1. The Hall–Kier alpha value is -6.64. The van der Waals surface area contributed by atoms with Gasteiger partial charge in [0, 0.05) is 45.7 Å². The summed E-state index contributed by atoms with van der Waals surface area (Å²) in [4.78, 5) is 4.90. The summed E-state index contributed by atoms with van der Waals surface area (Å²) in [7, 11) is 0. The molecule has 0 fully saturated rings. The molecule has 0 spiro atoms. The second-order valence-corrected chi connectivity index (χ2v) is 16.6. The van der Waals surface area contributed by atoms with Crippen LogP contribution in [0, 0.1) is 11.8 Å². The van der Waals surface area contributed by atoms with E-state index in [1.54, 1.807) is 0 Å². The van der Waals surface area contributed by atoms with Crippen molar-refractivity contribution in [1.82, 2.24) is 0 Å². The maximum atomic E-state index is 2.51. The molecule has 0 radical (unpaired) electrons. The second-order valence-electron chi connectivity index (χ2n) is 16.6. The third-order valence-corrected chi connectivity index (χ3v) is 12.8. The molecule has 0 amide bonds. The van der Waals surface area contributed by atoms with Crippen molar-refractivity contribution in [3.05, 3.63) is 229 Å². The Balaban J connectivity index is 1.06. The topological polar surface area (TPSA) is 6.48 Å². The number of nitrogens with zero attached hydrogens (tertiary/aromatic N) is 2. The minimum absolute atomic E-state index is 0.0721. The fourth-order valence-corrected chi connectivity index (χ4v) is 9.78. The molecule has 0 aliphatic heterocycles. The molecule has 2 heteroatoms. The number of rotatable bonds is 8. The van der Waals surface area contributed by atoms with Crippen molar-refractivity contribution in [2.45, 2.75) is 38.5 Å². The number of anilines is 4. The molecule has 7 aromatic rings. The minimum Gasteiger partial charge on any atom is -0.313 e. The Morgan fingerprint density at radius 3 is 1.88 bits per heavy atom. The van der Waals surface area contributed by atoms with Crippen molar-refractivity contribution in [3.8, 4) is 22.3 Å². The predicted molar refractivity (Wildman–Crippen MR) is 246 cm³/mol. The molecule has 0 saturated heterocycles. The summed E-state index contributed by atoms with van der Waals surface area (Å²) in [5, 5.41) is 2.48. The summed E-state index contributed by atoms with van der Waals surface area (Å²) in [5.41, 5.74) is 15.0. The van der Waals surface area contributed by atoms with Crippen LogP contribution in [0.5, 0.6) is 0 Å². The first-order chi connectivity index (χ1) is 28.5. The minimum atomic E-state index is 0.0721. The first kappa shape index (κ1) is 35.8. The zero-order valence-electron chi connectivity index (χ0n) is 33.5. The highest BCUT2D eigenvalue weighted by atomic mass is 15.2. The van der Waals surface area contributed by atoms with Crippen LogP contribution < -0.4 is 9.80 Å². The molecule has 0 heterocycles. The van der Waals surface area contributed by atoms with Crippen LogP contribution in [-0.2, 0) is 5.41 Å². The van der Waals surface area contributed by atoms with Crippen LogP contribution >= 0.6 is 0 Å². The zero-order valence-corrected chi connectivity index (χ0v) is 33.5. The van der Waals surface area contributed by atoms with E-state index in [9.17, 15) is 0 Å². The predicted octanol–water partition coefficient (Wildman–Crippen LogP) is 15.1. The zero-order chi connectivity index (χ0) is 39.2. The van der Waals surface area contributed by atoms with Crippen molar-refractivity contribution in [2.24, 2.45) is 11.8 Å². The molecule has 10 rings (SSSR count). The van der Waals surface area contributed by atoms with Gasteiger partial charge in [0.05, 0.1) is 5.69 Å². The Bertz CT molecular complexity index is 2730. The third kappa shape index (κ3) is 6.21. The summed E-state index contributed by atoms with van der Waals surface area (Å²) in [6.45, 7) is 7.13. The van der Waals surface area contributed by atoms with E-state index in [0.717, 1.165) is 17.8 Å². The Labute approximate surface area is 343 Å². The third-order valence-electron chi connectivity index (χ3n) is 12.8. The summed E-state index contributed by atoms with van der Waals surface area (Å²) >= 11 is 0. The molecule has 3 unspecified atom stereocenters. The van der Waals surface area contributed by atoms with Gasteiger partial charge in [-0.2, -0.15) is 0 Å². The number of benzene rings is 7. The van der Waals surface area contributed by atoms with E-state index in [1.165, 1.54) is 66.9 Å². The lowest BCUT2D eigenvalue weighted by molar-refractivity contribution is 0.393. The van der Waals surface area contributed by atoms with E-state index in [2.05, 4.69) is 237 Å². The maximum Gasteiger partial charge on any atom is 0.0537 e. The Morgan fingerprint density at radius 1 is 0.552 bits per heavy atom. The van der Waals surface area contributed by atoms with Crippen LogP contribution in [0.25, 0.3) is 33.0 Å². The molecule has 0 saturated carbocycles. The lowest BCUT2D eigenvalue weighted by atomic mass is 9.74. The molecule has 58 heavy (non-hydrogen) atoms. The van der Waals surface area contributed by atoms with Crippen molar-refractivity contribution in [1.29, 1.82) is 0 Å². The average Bonchev–Trinajstić information content (AvgIpc) is 3.51. The maximum absolute atomic E-state index is 2.51. The summed E-state index contributed by atoms with van der Waals surface area (Å²) < 4.78 is 0. The van der Waals surface area contributed by atoms with Gasteiger partial charge in [-0.3, -0.25) is 0 Å². The van der Waals surface area contributed by atoms with Crippen molar-refractivity contribution in [2.75, 3.05) is 9.80 Å². The standard InChI is InChI=1S/C56H48N2/c1-39-16-10-15-25-54(39)58(43-19-8-5-9-20-43)55-37-35-47(48-21-11-12-23-50(48)55)42-28-32-45(33-29-42)57(44-30-26-41(27-31-44)40-17-6-4-7-18-40)46-34-36-53-51(38-46)49-22-13-14-24-52(49)56(53,2)3/h4-15,17-39,51,53H,16H2,1-3H3. The van der Waals surface area contributed by atoms with E-state index in [4.69, 9.17) is 0 Å². The highest BCUT2D eigenvalue weighted by Gasteiger charge is 2.45. The van der Waals surface area contributed by atoms with Crippen LogP contribution in [0.4, 0.5) is 22.7 Å². The largest absolute Gasteiger partial charge is 0.313 e.